The van der Waals surface area contributed by atoms with Crippen LogP contribution in [0, 0.1) is 0 Å². The van der Waals surface area contributed by atoms with Crippen molar-refractivity contribution in [1.29, 1.82) is 0 Å². The van der Waals surface area contributed by atoms with Crippen LogP contribution in [0.5, 0.6) is 5.75 Å². The molecule has 1 aromatic carbocycles. The number of carbonyl (C=O) groups is 1. The summed E-state index contributed by atoms with van der Waals surface area (Å²) in [5.41, 5.74) is 0.451. The van der Waals surface area contributed by atoms with Gasteiger partial charge in [-0.2, -0.15) is 0 Å². The average molecular weight is 225 g/mol. The number of fused-ring (bicyclic) bond motifs is 1. The molecule has 0 saturated heterocycles. The Kier molecular flexibility index (Phi) is 2.20. The third-order valence-corrected chi connectivity index (χ3v) is 2.90. The predicted octanol–water partition coefficient (Wildman–Crippen LogP) is 0.853. The number of thiazole rings is 1. The maximum Gasteiger partial charge on any atom is 0.323 e. The first-order chi connectivity index (χ1) is 7.08. The summed E-state index contributed by atoms with van der Waals surface area (Å²) in [7, 11) is 0. The molecule has 0 fully saturated rings. The van der Waals surface area contributed by atoms with Crippen LogP contribution in [0.15, 0.2) is 23.0 Å². The van der Waals surface area contributed by atoms with Crippen molar-refractivity contribution >= 4 is 27.5 Å². The number of carboxylic acid groups (broad SMARTS) is 1. The third kappa shape index (κ3) is 1.71. The van der Waals surface area contributed by atoms with Crippen molar-refractivity contribution < 1.29 is 15.0 Å². The Morgan fingerprint density at radius 1 is 1.47 bits per heavy atom. The maximum absolute atomic E-state index is 11.4. The number of benzene rings is 1. The van der Waals surface area contributed by atoms with E-state index in [0.717, 1.165) is 15.9 Å². The lowest BCUT2D eigenvalue weighted by Crippen LogP contribution is -2.18. The number of phenolic OH excluding ortho intramolecular Hbond substituents is 1. The van der Waals surface area contributed by atoms with E-state index in [2.05, 4.69) is 0 Å². The van der Waals surface area contributed by atoms with E-state index in [1.54, 1.807) is 6.07 Å². The second-order valence-electron chi connectivity index (χ2n) is 3.00. The molecule has 0 aliphatic heterocycles. The molecule has 0 amide bonds. The topological polar surface area (TPSA) is 79.5 Å². The monoisotopic (exact) mass is 225 g/mol. The van der Waals surface area contributed by atoms with Crippen LogP contribution in [0.25, 0.3) is 10.2 Å². The minimum Gasteiger partial charge on any atom is -0.508 e. The Morgan fingerprint density at radius 3 is 2.87 bits per heavy atom. The van der Waals surface area contributed by atoms with E-state index in [1.807, 2.05) is 0 Å². The van der Waals surface area contributed by atoms with Gasteiger partial charge in [-0.25, -0.2) is 0 Å². The minimum absolute atomic E-state index is 0.0134. The van der Waals surface area contributed by atoms with Crippen LogP contribution in [-0.4, -0.2) is 20.7 Å². The molecule has 0 spiro atoms. The molecule has 0 bridgehead atoms. The molecule has 5 nitrogen and oxygen atoms in total. The first-order valence-electron chi connectivity index (χ1n) is 4.12. The van der Waals surface area contributed by atoms with E-state index in [0.29, 0.717) is 10.2 Å². The highest BCUT2D eigenvalue weighted by atomic mass is 32.1. The summed E-state index contributed by atoms with van der Waals surface area (Å²) in [6.45, 7) is -0.387. The Balaban J connectivity index is 2.70. The second kappa shape index (κ2) is 3.39. The summed E-state index contributed by atoms with van der Waals surface area (Å²) in [6.07, 6.45) is 0. The van der Waals surface area contributed by atoms with Crippen LogP contribution >= 0.6 is 11.3 Å². The van der Waals surface area contributed by atoms with Crippen LogP contribution < -0.4 is 4.87 Å². The molecule has 0 atom stereocenters. The summed E-state index contributed by atoms with van der Waals surface area (Å²) in [5.74, 6) is -1.07. The second-order valence-corrected chi connectivity index (χ2v) is 3.99. The van der Waals surface area contributed by atoms with Crippen LogP contribution in [0.4, 0.5) is 0 Å². The fourth-order valence-electron chi connectivity index (χ4n) is 1.34. The van der Waals surface area contributed by atoms with Crippen molar-refractivity contribution in [3.8, 4) is 5.75 Å². The summed E-state index contributed by atoms with van der Waals surface area (Å²) < 4.78 is 1.79. The van der Waals surface area contributed by atoms with E-state index in [-0.39, 0.29) is 17.2 Å². The molecule has 2 N–H and O–H groups in total. The van der Waals surface area contributed by atoms with Gasteiger partial charge in [-0.1, -0.05) is 11.3 Å². The van der Waals surface area contributed by atoms with Crippen molar-refractivity contribution in [1.82, 2.24) is 4.57 Å². The van der Waals surface area contributed by atoms with E-state index in [9.17, 15) is 14.7 Å². The standard InChI is InChI=1S/C9H7NO4S/c11-5-1-2-7-6(3-5)10(4-8(12)13)9(14)15-7/h1-3,11H,4H2,(H,12,13). The fraction of sp³-hybridized carbons (Fsp3) is 0.111. The number of rotatable bonds is 2. The highest BCUT2D eigenvalue weighted by Gasteiger charge is 2.10. The van der Waals surface area contributed by atoms with Gasteiger partial charge in [0.05, 0.1) is 10.2 Å². The number of nitrogens with zero attached hydrogens (tertiary/aromatic N) is 1. The maximum atomic E-state index is 11.4. The van der Waals surface area contributed by atoms with Crippen LogP contribution in [0.1, 0.15) is 0 Å². The molecule has 0 aliphatic rings. The predicted molar refractivity (Wildman–Crippen MR) is 55.4 cm³/mol. The van der Waals surface area contributed by atoms with Gasteiger partial charge in [0.15, 0.2) is 0 Å². The number of phenols is 1. The van der Waals surface area contributed by atoms with Gasteiger partial charge >= 0.3 is 10.8 Å². The Labute approximate surface area is 87.8 Å². The fourth-order valence-corrected chi connectivity index (χ4v) is 2.21. The van der Waals surface area contributed by atoms with Gasteiger partial charge in [0, 0.05) is 6.07 Å². The van der Waals surface area contributed by atoms with Crippen molar-refractivity contribution in [2.24, 2.45) is 0 Å². The largest absolute Gasteiger partial charge is 0.508 e. The normalized spacial score (nSPS) is 10.7. The lowest BCUT2D eigenvalue weighted by molar-refractivity contribution is -0.137. The zero-order valence-electron chi connectivity index (χ0n) is 7.51. The number of hydrogen-bond donors (Lipinski definition) is 2. The number of aromatic nitrogens is 1. The molecule has 0 radical (unpaired) electrons. The molecule has 2 rings (SSSR count). The zero-order valence-corrected chi connectivity index (χ0v) is 8.32. The third-order valence-electron chi connectivity index (χ3n) is 1.94. The minimum atomic E-state index is -1.08. The van der Waals surface area contributed by atoms with E-state index in [1.165, 1.54) is 12.1 Å². The van der Waals surface area contributed by atoms with Gasteiger partial charge < -0.3 is 10.2 Å². The van der Waals surface area contributed by atoms with Gasteiger partial charge in [0.25, 0.3) is 0 Å². The highest BCUT2D eigenvalue weighted by molar-refractivity contribution is 7.16. The molecule has 1 aromatic heterocycles. The number of aliphatic carboxylic acids is 1. The molecule has 0 aliphatic carbocycles. The van der Waals surface area contributed by atoms with Crippen molar-refractivity contribution in [2.45, 2.75) is 6.54 Å². The Hall–Kier alpha value is -1.82. The van der Waals surface area contributed by atoms with Gasteiger partial charge in [-0.05, 0) is 12.1 Å². The first-order valence-corrected chi connectivity index (χ1v) is 4.94. The van der Waals surface area contributed by atoms with Gasteiger partial charge in [-0.3, -0.25) is 14.2 Å². The number of aromatic hydroxyl groups is 1. The molecule has 1 heterocycles. The lowest BCUT2D eigenvalue weighted by Gasteiger charge is -1.99. The zero-order chi connectivity index (χ0) is 11.0. The SMILES string of the molecule is O=C(O)Cn1c(=O)sc2ccc(O)cc21. The van der Waals surface area contributed by atoms with E-state index < -0.39 is 5.97 Å². The van der Waals surface area contributed by atoms with Crippen LogP contribution in [0.2, 0.25) is 0 Å². The van der Waals surface area contributed by atoms with Crippen LogP contribution in [0.3, 0.4) is 0 Å². The Bertz CT molecular complexity index is 583. The van der Waals surface area contributed by atoms with Crippen molar-refractivity contribution in [3.63, 3.8) is 0 Å². The van der Waals surface area contributed by atoms with E-state index in [4.69, 9.17) is 5.11 Å². The molecule has 78 valence electrons. The first kappa shape index (κ1) is 9.72. The van der Waals surface area contributed by atoms with Gasteiger partial charge in [0.1, 0.15) is 12.3 Å². The lowest BCUT2D eigenvalue weighted by atomic mass is 10.3. The average Bonchev–Trinajstić information content (AvgIpc) is 2.43. The molecule has 15 heavy (non-hydrogen) atoms. The molecule has 2 aromatic rings. The van der Waals surface area contributed by atoms with Gasteiger partial charge in [0.2, 0.25) is 0 Å². The molecule has 6 heteroatoms. The Morgan fingerprint density at radius 2 is 2.20 bits per heavy atom. The summed E-state index contributed by atoms with van der Waals surface area (Å²) in [6, 6.07) is 4.44. The summed E-state index contributed by atoms with van der Waals surface area (Å²) >= 11 is 0.962. The number of carboxylic acids is 1. The van der Waals surface area contributed by atoms with Crippen molar-refractivity contribution in [3.05, 3.63) is 27.9 Å². The van der Waals surface area contributed by atoms with Crippen LogP contribution in [-0.2, 0) is 11.3 Å². The molecule has 0 saturated carbocycles. The van der Waals surface area contributed by atoms with Crippen molar-refractivity contribution in [2.75, 3.05) is 0 Å². The van der Waals surface area contributed by atoms with Gasteiger partial charge in [-0.15, -0.1) is 0 Å². The quantitative estimate of drug-likeness (QED) is 0.794. The smallest absolute Gasteiger partial charge is 0.323 e. The molecular weight excluding hydrogens is 218 g/mol. The molecular formula is C9H7NO4S. The molecule has 0 unspecified atom stereocenters. The summed E-state index contributed by atoms with van der Waals surface area (Å²) in [4.78, 5) is 21.6. The van der Waals surface area contributed by atoms with E-state index >= 15 is 0 Å². The highest BCUT2D eigenvalue weighted by Crippen LogP contribution is 2.21. The summed E-state index contributed by atoms with van der Waals surface area (Å²) in [5, 5.41) is 17.9. The number of hydrogen-bond acceptors (Lipinski definition) is 4.